The lowest BCUT2D eigenvalue weighted by Gasteiger charge is -2.15. The Balaban J connectivity index is 2.95. The summed E-state index contributed by atoms with van der Waals surface area (Å²) in [6.45, 7) is 0. The Hall–Kier alpha value is -1.66. The summed E-state index contributed by atoms with van der Waals surface area (Å²) in [7, 11) is 1.29. The number of methoxy groups -OCH3 is 1. The Labute approximate surface area is 99.7 Å². The van der Waals surface area contributed by atoms with Gasteiger partial charge in [0.05, 0.1) is 7.11 Å². The normalized spacial score (nSPS) is 11.3. The number of nitrogens with one attached hydrogen (secondary N) is 1. The Morgan fingerprint density at radius 2 is 2.31 bits per heavy atom. The second kappa shape index (κ2) is 6.04. The third-order valence-electron chi connectivity index (χ3n) is 2.12. The van der Waals surface area contributed by atoms with Crippen molar-refractivity contribution < 1.29 is 9.53 Å². The number of amides is 1. The van der Waals surface area contributed by atoms with Gasteiger partial charge in [-0.2, -0.15) is 0 Å². The van der Waals surface area contributed by atoms with Crippen LogP contribution in [-0.2, 0) is 10.6 Å². The number of alkyl carbamates (subject to hydrolysis) is 1. The molecule has 1 aromatic carbocycles. The number of rotatable bonds is 3. The number of terminal acetylenes is 1. The third-order valence-corrected chi connectivity index (χ3v) is 2.41. The van der Waals surface area contributed by atoms with E-state index in [0.717, 1.165) is 11.1 Å². The highest BCUT2D eigenvalue weighted by Gasteiger charge is 2.14. The van der Waals surface area contributed by atoms with E-state index in [1.807, 2.05) is 24.3 Å². The maximum Gasteiger partial charge on any atom is 0.408 e. The Kier molecular flexibility index (Phi) is 4.68. The first kappa shape index (κ1) is 12.4. The van der Waals surface area contributed by atoms with Crippen LogP contribution in [0.3, 0.4) is 0 Å². The number of alkyl halides is 1. The van der Waals surface area contributed by atoms with E-state index in [4.69, 9.17) is 18.0 Å². The van der Waals surface area contributed by atoms with E-state index in [0.29, 0.717) is 5.88 Å². The number of halogens is 1. The molecule has 0 aliphatic heterocycles. The van der Waals surface area contributed by atoms with Gasteiger partial charge in [0.1, 0.15) is 6.04 Å². The quantitative estimate of drug-likeness (QED) is 0.648. The van der Waals surface area contributed by atoms with Gasteiger partial charge in [-0.1, -0.05) is 30.2 Å². The van der Waals surface area contributed by atoms with Crippen molar-refractivity contribution in [3.63, 3.8) is 0 Å². The molecule has 0 bridgehead atoms. The minimum atomic E-state index is -0.563. The summed E-state index contributed by atoms with van der Waals surface area (Å²) in [4.78, 5) is 11.1. The summed E-state index contributed by atoms with van der Waals surface area (Å²) in [6, 6.07) is 6.88. The minimum absolute atomic E-state index is 0.344. The fourth-order valence-corrected chi connectivity index (χ4v) is 1.57. The van der Waals surface area contributed by atoms with Gasteiger partial charge < -0.3 is 10.1 Å². The van der Waals surface area contributed by atoms with E-state index in [9.17, 15) is 4.79 Å². The third kappa shape index (κ3) is 2.91. The number of benzene rings is 1. The van der Waals surface area contributed by atoms with Crippen LogP contribution in [0.2, 0.25) is 0 Å². The van der Waals surface area contributed by atoms with Crippen LogP contribution in [0.5, 0.6) is 0 Å². The van der Waals surface area contributed by atoms with Crippen LogP contribution >= 0.6 is 11.6 Å². The minimum Gasteiger partial charge on any atom is -0.453 e. The number of hydrogen-bond acceptors (Lipinski definition) is 2. The largest absolute Gasteiger partial charge is 0.453 e. The number of hydrogen-bond donors (Lipinski definition) is 1. The summed E-state index contributed by atoms with van der Waals surface area (Å²) < 4.78 is 4.50. The van der Waals surface area contributed by atoms with Crippen molar-refractivity contribution in [3.05, 3.63) is 35.4 Å². The van der Waals surface area contributed by atoms with Crippen LogP contribution in [0, 0.1) is 12.3 Å². The number of ether oxygens (including phenoxy) is 1. The van der Waals surface area contributed by atoms with Crippen LogP contribution in [-0.4, -0.2) is 13.2 Å². The molecule has 0 heterocycles. The van der Waals surface area contributed by atoms with E-state index in [2.05, 4.69) is 16.0 Å². The molecule has 1 unspecified atom stereocenters. The molecule has 0 aliphatic rings. The molecule has 3 nitrogen and oxygen atoms in total. The molecule has 0 radical (unpaired) electrons. The topological polar surface area (TPSA) is 38.3 Å². The van der Waals surface area contributed by atoms with Crippen LogP contribution < -0.4 is 5.32 Å². The standard InChI is InChI=1S/C12H12ClNO2/c1-3-11(14-12(15)16-2)10-7-5-4-6-9(10)8-13/h1,4-7,11H,8H2,2H3,(H,14,15). The molecule has 0 spiro atoms. The molecule has 0 saturated carbocycles. The van der Waals surface area contributed by atoms with Gasteiger partial charge in [0.15, 0.2) is 0 Å². The predicted molar refractivity (Wildman–Crippen MR) is 63.1 cm³/mol. The molecule has 1 amide bonds. The first-order valence-electron chi connectivity index (χ1n) is 4.67. The molecule has 1 N–H and O–H groups in total. The highest BCUT2D eigenvalue weighted by atomic mass is 35.5. The van der Waals surface area contributed by atoms with E-state index >= 15 is 0 Å². The highest BCUT2D eigenvalue weighted by molar-refractivity contribution is 6.17. The average molecular weight is 238 g/mol. The molecule has 1 rings (SSSR count). The van der Waals surface area contributed by atoms with Crippen molar-refractivity contribution in [2.24, 2.45) is 0 Å². The molecule has 0 fully saturated rings. The molecule has 1 atom stereocenters. The lowest BCUT2D eigenvalue weighted by atomic mass is 10.0. The highest BCUT2D eigenvalue weighted by Crippen LogP contribution is 2.19. The van der Waals surface area contributed by atoms with Crippen molar-refractivity contribution in [1.82, 2.24) is 5.32 Å². The molecule has 0 aromatic heterocycles. The van der Waals surface area contributed by atoms with Crippen molar-refractivity contribution >= 4 is 17.7 Å². The monoisotopic (exact) mass is 237 g/mol. The van der Waals surface area contributed by atoms with E-state index in [1.165, 1.54) is 7.11 Å². The molecule has 0 saturated heterocycles. The van der Waals surface area contributed by atoms with Gasteiger partial charge in [-0.25, -0.2) is 4.79 Å². The van der Waals surface area contributed by atoms with Crippen LogP contribution in [0.15, 0.2) is 24.3 Å². The van der Waals surface area contributed by atoms with Crippen LogP contribution in [0.25, 0.3) is 0 Å². The van der Waals surface area contributed by atoms with Crippen LogP contribution in [0.1, 0.15) is 17.2 Å². The van der Waals surface area contributed by atoms with Crippen molar-refractivity contribution in [1.29, 1.82) is 0 Å². The van der Waals surface area contributed by atoms with Gasteiger partial charge in [0, 0.05) is 5.88 Å². The lowest BCUT2D eigenvalue weighted by Crippen LogP contribution is -2.27. The van der Waals surface area contributed by atoms with Crippen LogP contribution in [0.4, 0.5) is 4.79 Å². The molecule has 84 valence electrons. The van der Waals surface area contributed by atoms with Gasteiger partial charge in [-0.15, -0.1) is 18.0 Å². The summed E-state index contributed by atoms with van der Waals surface area (Å²) in [5.74, 6) is 2.83. The van der Waals surface area contributed by atoms with E-state index < -0.39 is 12.1 Å². The van der Waals surface area contributed by atoms with E-state index in [-0.39, 0.29) is 0 Å². The van der Waals surface area contributed by atoms with Gasteiger partial charge >= 0.3 is 6.09 Å². The molecular formula is C12H12ClNO2. The second-order valence-corrected chi connectivity index (χ2v) is 3.34. The van der Waals surface area contributed by atoms with Gasteiger partial charge in [-0.05, 0) is 11.1 Å². The van der Waals surface area contributed by atoms with Gasteiger partial charge in [-0.3, -0.25) is 0 Å². The average Bonchev–Trinajstić information content (AvgIpc) is 2.35. The smallest absolute Gasteiger partial charge is 0.408 e. The molecule has 0 aliphatic carbocycles. The SMILES string of the molecule is C#CC(NC(=O)OC)c1ccccc1CCl. The summed E-state index contributed by atoms with van der Waals surface area (Å²) in [5.41, 5.74) is 1.70. The van der Waals surface area contributed by atoms with E-state index in [1.54, 1.807) is 0 Å². The molecule has 16 heavy (non-hydrogen) atoms. The maximum atomic E-state index is 11.1. The zero-order chi connectivity index (χ0) is 12.0. The fourth-order valence-electron chi connectivity index (χ4n) is 1.32. The first-order chi connectivity index (χ1) is 7.72. The van der Waals surface area contributed by atoms with Crippen molar-refractivity contribution in [3.8, 4) is 12.3 Å². The summed E-state index contributed by atoms with van der Waals surface area (Å²) in [6.07, 6.45) is 4.81. The summed E-state index contributed by atoms with van der Waals surface area (Å²) in [5, 5.41) is 2.55. The Bertz CT molecular complexity index is 412. The van der Waals surface area contributed by atoms with Gasteiger partial charge in [0.2, 0.25) is 0 Å². The molecule has 4 heteroatoms. The lowest BCUT2D eigenvalue weighted by molar-refractivity contribution is 0.169. The summed E-state index contributed by atoms with van der Waals surface area (Å²) >= 11 is 5.79. The fraction of sp³-hybridized carbons (Fsp3) is 0.250. The zero-order valence-corrected chi connectivity index (χ0v) is 9.62. The zero-order valence-electron chi connectivity index (χ0n) is 8.87. The predicted octanol–water partition coefficient (Wildman–Crippen LogP) is 2.46. The molecular weight excluding hydrogens is 226 g/mol. The second-order valence-electron chi connectivity index (χ2n) is 3.07. The van der Waals surface area contributed by atoms with Gasteiger partial charge in [0.25, 0.3) is 0 Å². The van der Waals surface area contributed by atoms with Crippen molar-refractivity contribution in [2.75, 3.05) is 7.11 Å². The first-order valence-corrected chi connectivity index (χ1v) is 5.20. The Morgan fingerprint density at radius 3 is 2.88 bits per heavy atom. The maximum absolute atomic E-state index is 11.1. The number of carbonyl (C=O) groups is 1. The molecule has 1 aromatic rings. The van der Waals surface area contributed by atoms with Crippen molar-refractivity contribution in [2.45, 2.75) is 11.9 Å². The Morgan fingerprint density at radius 1 is 1.62 bits per heavy atom. The number of carbonyl (C=O) groups excluding carboxylic acids is 1.